The molecular formula is C21H33NO4Si. The van der Waals surface area contributed by atoms with Crippen molar-refractivity contribution in [3.05, 3.63) is 35.9 Å². The van der Waals surface area contributed by atoms with E-state index in [1.54, 1.807) is 4.90 Å². The molecule has 27 heavy (non-hydrogen) atoms. The first kappa shape index (κ1) is 21.6. The van der Waals surface area contributed by atoms with Crippen LogP contribution in [0.25, 0.3) is 0 Å². The first-order valence-corrected chi connectivity index (χ1v) is 12.7. The lowest BCUT2D eigenvalue weighted by atomic mass is 9.98. The van der Waals surface area contributed by atoms with Gasteiger partial charge < -0.3 is 18.9 Å². The quantitative estimate of drug-likeness (QED) is 0.518. The summed E-state index contributed by atoms with van der Waals surface area (Å²) in [5, 5.41) is 0.00156. The molecule has 5 nitrogen and oxygen atoms in total. The molecule has 2 rings (SSSR count). The van der Waals surface area contributed by atoms with Gasteiger partial charge in [0.15, 0.2) is 8.32 Å². The lowest BCUT2D eigenvalue weighted by Crippen LogP contribution is -2.55. The van der Waals surface area contributed by atoms with Crippen molar-refractivity contribution in [1.29, 1.82) is 0 Å². The van der Waals surface area contributed by atoms with Gasteiger partial charge in [-0.25, -0.2) is 4.79 Å². The number of ether oxygens (including phenoxy) is 1. The molecule has 2 atom stereocenters. The van der Waals surface area contributed by atoms with Crippen LogP contribution in [0, 0.1) is 0 Å². The van der Waals surface area contributed by atoms with E-state index in [2.05, 4.69) is 33.9 Å². The fourth-order valence-electron chi connectivity index (χ4n) is 3.04. The maximum absolute atomic E-state index is 12.7. The second-order valence-electron chi connectivity index (χ2n) is 8.78. The van der Waals surface area contributed by atoms with Crippen molar-refractivity contribution in [1.82, 2.24) is 4.90 Å². The predicted octanol–water partition coefficient (Wildman–Crippen LogP) is 4.77. The van der Waals surface area contributed by atoms with Gasteiger partial charge in [-0.05, 0) is 43.0 Å². The molecule has 150 valence electrons. The number of hydrogen-bond acceptors (Lipinski definition) is 4. The lowest BCUT2D eigenvalue weighted by molar-refractivity contribution is -0.117. The Labute approximate surface area is 164 Å². The zero-order valence-electron chi connectivity index (χ0n) is 17.2. The van der Waals surface area contributed by atoms with Gasteiger partial charge in [-0.15, -0.1) is 0 Å². The van der Waals surface area contributed by atoms with E-state index in [1.807, 2.05) is 30.3 Å². The van der Waals surface area contributed by atoms with Gasteiger partial charge in [0.25, 0.3) is 0 Å². The van der Waals surface area contributed by atoms with Crippen LogP contribution in [0.1, 0.15) is 45.6 Å². The maximum Gasteiger partial charge on any atom is 0.410 e. The van der Waals surface area contributed by atoms with Gasteiger partial charge in [0.1, 0.15) is 19.0 Å². The highest BCUT2D eigenvalue weighted by Crippen LogP contribution is 2.38. The smallest absolute Gasteiger partial charge is 0.410 e. The molecule has 0 spiro atoms. The molecule has 6 heteroatoms. The minimum absolute atomic E-state index is 0.00156. The highest BCUT2D eigenvalue weighted by Gasteiger charge is 2.43. The third kappa shape index (κ3) is 5.66. The van der Waals surface area contributed by atoms with Crippen LogP contribution in [0.15, 0.2) is 30.3 Å². The fourth-order valence-corrected chi connectivity index (χ4v) is 4.29. The molecule has 1 saturated heterocycles. The minimum Gasteiger partial charge on any atom is -0.445 e. The average molecular weight is 392 g/mol. The Bertz CT molecular complexity index is 627. The molecule has 0 N–H and O–H groups in total. The van der Waals surface area contributed by atoms with Gasteiger partial charge in [0.2, 0.25) is 0 Å². The summed E-state index contributed by atoms with van der Waals surface area (Å²) < 4.78 is 11.9. The standard InChI is InChI=1S/C21H33NO4Si/c1-21(2,3)27(4,5)26-19(15-23)18-13-9-10-14-22(18)20(24)25-16-17-11-7-6-8-12-17/h6-8,11-12,15,18-19H,9-10,13-14,16H2,1-5H3. The van der Waals surface area contributed by atoms with Gasteiger partial charge >= 0.3 is 6.09 Å². The molecule has 1 fully saturated rings. The molecule has 0 radical (unpaired) electrons. The van der Waals surface area contributed by atoms with Crippen LogP contribution in [0.2, 0.25) is 18.1 Å². The van der Waals surface area contributed by atoms with Crippen molar-refractivity contribution >= 4 is 20.7 Å². The molecule has 1 aliphatic heterocycles. The van der Waals surface area contributed by atoms with Crippen molar-refractivity contribution in [2.75, 3.05) is 6.54 Å². The highest BCUT2D eigenvalue weighted by molar-refractivity contribution is 6.74. The summed E-state index contributed by atoms with van der Waals surface area (Å²) >= 11 is 0. The molecule has 1 aromatic rings. The summed E-state index contributed by atoms with van der Waals surface area (Å²) in [6, 6.07) is 9.36. The number of piperidine rings is 1. The maximum atomic E-state index is 12.7. The number of carbonyl (C=O) groups excluding carboxylic acids is 2. The van der Waals surface area contributed by atoms with Crippen molar-refractivity contribution in [2.24, 2.45) is 0 Å². The molecular weight excluding hydrogens is 358 g/mol. The number of likely N-dealkylation sites (tertiary alicyclic amines) is 1. The molecule has 0 bridgehead atoms. The summed E-state index contributed by atoms with van der Waals surface area (Å²) in [7, 11) is -2.12. The van der Waals surface area contributed by atoms with Crippen LogP contribution in [-0.2, 0) is 20.6 Å². The van der Waals surface area contributed by atoms with E-state index in [0.717, 1.165) is 31.1 Å². The highest BCUT2D eigenvalue weighted by atomic mass is 28.4. The molecule has 0 aromatic heterocycles. The molecule has 1 heterocycles. The van der Waals surface area contributed by atoms with Crippen molar-refractivity contribution in [2.45, 2.75) is 76.9 Å². The van der Waals surface area contributed by atoms with Crippen LogP contribution < -0.4 is 0 Å². The third-order valence-corrected chi connectivity index (χ3v) is 10.2. The summed E-state index contributed by atoms with van der Waals surface area (Å²) in [6.45, 7) is 11.5. The van der Waals surface area contributed by atoms with Gasteiger partial charge in [-0.2, -0.15) is 0 Å². The largest absolute Gasteiger partial charge is 0.445 e. The first-order valence-electron chi connectivity index (χ1n) is 9.76. The Balaban J connectivity index is 2.07. The monoisotopic (exact) mass is 391 g/mol. The number of aldehydes is 1. The van der Waals surface area contributed by atoms with E-state index in [1.165, 1.54) is 0 Å². The van der Waals surface area contributed by atoms with E-state index < -0.39 is 14.4 Å². The minimum atomic E-state index is -2.12. The lowest BCUT2D eigenvalue weighted by Gasteiger charge is -2.43. The normalized spacial score (nSPS) is 19.4. The average Bonchev–Trinajstić information content (AvgIpc) is 2.64. The third-order valence-electron chi connectivity index (χ3n) is 5.74. The summed E-state index contributed by atoms with van der Waals surface area (Å²) in [6.07, 6.45) is 2.57. The summed E-state index contributed by atoms with van der Waals surface area (Å²) in [5.41, 5.74) is 0.948. The first-order chi connectivity index (χ1) is 12.7. The fraction of sp³-hybridized carbons (Fsp3) is 0.619. The van der Waals surface area contributed by atoms with Gasteiger partial charge in [-0.1, -0.05) is 51.1 Å². The van der Waals surface area contributed by atoms with Crippen LogP contribution >= 0.6 is 0 Å². The molecule has 2 unspecified atom stereocenters. The Morgan fingerprint density at radius 1 is 1.26 bits per heavy atom. The Morgan fingerprint density at radius 3 is 2.52 bits per heavy atom. The van der Waals surface area contributed by atoms with E-state index in [4.69, 9.17) is 9.16 Å². The second kappa shape index (κ2) is 9.02. The zero-order valence-corrected chi connectivity index (χ0v) is 18.2. The number of carbonyl (C=O) groups is 2. The predicted molar refractivity (Wildman–Crippen MR) is 109 cm³/mol. The van der Waals surface area contributed by atoms with Crippen LogP contribution in [0.5, 0.6) is 0 Å². The summed E-state index contributed by atoms with van der Waals surface area (Å²) in [5.74, 6) is 0. The Hall–Kier alpha value is -1.66. The number of amides is 1. The van der Waals surface area contributed by atoms with Crippen molar-refractivity contribution in [3.8, 4) is 0 Å². The number of nitrogens with zero attached hydrogens (tertiary/aromatic N) is 1. The van der Waals surface area contributed by atoms with E-state index in [-0.39, 0.29) is 23.8 Å². The SMILES string of the molecule is CC(C)(C)[Si](C)(C)OC(C=O)C1CCCCN1C(=O)OCc1ccccc1. The van der Waals surface area contributed by atoms with E-state index >= 15 is 0 Å². The molecule has 0 aliphatic carbocycles. The van der Waals surface area contributed by atoms with Crippen molar-refractivity contribution in [3.63, 3.8) is 0 Å². The Morgan fingerprint density at radius 2 is 1.93 bits per heavy atom. The second-order valence-corrected chi connectivity index (χ2v) is 13.5. The summed E-state index contributed by atoms with van der Waals surface area (Å²) in [4.78, 5) is 26.3. The van der Waals surface area contributed by atoms with Crippen molar-refractivity contribution < 1.29 is 18.8 Å². The number of benzene rings is 1. The van der Waals surface area contributed by atoms with E-state index in [0.29, 0.717) is 6.54 Å². The van der Waals surface area contributed by atoms with Crippen LogP contribution in [-0.4, -0.2) is 44.3 Å². The zero-order chi connectivity index (χ0) is 20.1. The molecule has 1 amide bonds. The van der Waals surface area contributed by atoms with Crippen LogP contribution in [0.3, 0.4) is 0 Å². The van der Waals surface area contributed by atoms with Gasteiger partial charge in [0, 0.05) is 6.54 Å². The van der Waals surface area contributed by atoms with Gasteiger partial charge in [-0.3, -0.25) is 0 Å². The molecule has 1 aliphatic rings. The Kier molecular flexibility index (Phi) is 7.23. The molecule has 1 aromatic carbocycles. The topological polar surface area (TPSA) is 55.8 Å². The van der Waals surface area contributed by atoms with Gasteiger partial charge in [0.05, 0.1) is 6.04 Å². The number of rotatable bonds is 6. The molecule has 0 saturated carbocycles. The van der Waals surface area contributed by atoms with E-state index in [9.17, 15) is 9.59 Å². The number of hydrogen-bond donors (Lipinski definition) is 0. The van der Waals surface area contributed by atoms with Crippen LogP contribution in [0.4, 0.5) is 4.79 Å².